The van der Waals surface area contributed by atoms with Crippen molar-refractivity contribution >= 4 is 9.84 Å². The van der Waals surface area contributed by atoms with Crippen LogP contribution < -0.4 is 5.32 Å². The van der Waals surface area contributed by atoms with Gasteiger partial charge in [0.25, 0.3) is 9.84 Å². The van der Waals surface area contributed by atoms with Crippen LogP contribution in [0.25, 0.3) is 0 Å². The standard InChI is InChI=1S/C15H20F3NO2S/c1-19-10-13-3-2-12(9-13)8-11-4-6-14(7-5-11)22(20,21)15(16,17)18/h4-7,12-13,19H,2-3,8-10H2,1H3/t12-,13?/m0/s1. The van der Waals surface area contributed by atoms with E-state index in [9.17, 15) is 21.6 Å². The fourth-order valence-corrected chi connectivity index (χ4v) is 3.87. The average Bonchev–Trinajstić information content (AvgIpc) is 2.86. The van der Waals surface area contributed by atoms with Crippen LogP contribution in [-0.2, 0) is 16.3 Å². The van der Waals surface area contributed by atoms with Crippen molar-refractivity contribution in [3.05, 3.63) is 29.8 Å². The summed E-state index contributed by atoms with van der Waals surface area (Å²) in [5.41, 5.74) is -4.36. The van der Waals surface area contributed by atoms with Gasteiger partial charge in [0, 0.05) is 0 Å². The van der Waals surface area contributed by atoms with E-state index in [0.717, 1.165) is 49.9 Å². The van der Waals surface area contributed by atoms with E-state index in [-0.39, 0.29) is 0 Å². The van der Waals surface area contributed by atoms with Crippen molar-refractivity contribution < 1.29 is 21.6 Å². The molecule has 0 aromatic heterocycles. The summed E-state index contributed by atoms with van der Waals surface area (Å²) in [4.78, 5) is -0.691. The molecule has 0 bridgehead atoms. The second-order valence-electron chi connectivity index (χ2n) is 5.90. The van der Waals surface area contributed by atoms with Gasteiger partial charge in [-0.05, 0) is 68.8 Å². The Labute approximate surface area is 128 Å². The quantitative estimate of drug-likeness (QED) is 0.899. The maximum atomic E-state index is 12.5. The lowest BCUT2D eigenvalue weighted by atomic mass is 9.97. The summed E-state index contributed by atoms with van der Waals surface area (Å²) in [6.07, 6.45) is 4.15. The van der Waals surface area contributed by atoms with Gasteiger partial charge in [-0.1, -0.05) is 12.1 Å². The first-order valence-corrected chi connectivity index (χ1v) is 8.77. The molecule has 2 atom stereocenters. The lowest BCUT2D eigenvalue weighted by Gasteiger charge is -2.12. The summed E-state index contributed by atoms with van der Waals surface area (Å²) in [6, 6.07) is 5.09. The van der Waals surface area contributed by atoms with Gasteiger partial charge in [-0.15, -0.1) is 0 Å². The van der Waals surface area contributed by atoms with Crippen LogP contribution in [0.4, 0.5) is 13.2 Å². The molecule has 1 aliphatic carbocycles. The van der Waals surface area contributed by atoms with Crippen molar-refractivity contribution in [1.29, 1.82) is 0 Å². The molecule has 22 heavy (non-hydrogen) atoms. The van der Waals surface area contributed by atoms with Crippen LogP contribution in [0.5, 0.6) is 0 Å². The predicted molar refractivity (Wildman–Crippen MR) is 78.1 cm³/mol. The number of benzene rings is 1. The van der Waals surface area contributed by atoms with Crippen molar-refractivity contribution in [3.8, 4) is 0 Å². The zero-order valence-corrected chi connectivity index (χ0v) is 13.2. The molecule has 0 saturated heterocycles. The Kier molecular flexibility index (Phi) is 5.17. The number of rotatable bonds is 5. The van der Waals surface area contributed by atoms with E-state index in [1.165, 1.54) is 12.1 Å². The average molecular weight is 335 g/mol. The van der Waals surface area contributed by atoms with E-state index in [1.807, 2.05) is 7.05 Å². The molecule has 1 aliphatic rings. The highest BCUT2D eigenvalue weighted by molar-refractivity contribution is 7.92. The summed E-state index contributed by atoms with van der Waals surface area (Å²) in [6.45, 7) is 0.985. The maximum Gasteiger partial charge on any atom is 0.501 e. The van der Waals surface area contributed by atoms with Gasteiger partial charge in [0.2, 0.25) is 0 Å². The van der Waals surface area contributed by atoms with Gasteiger partial charge in [0.1, 0.15) is 0 Å². The van der Waals surface area contributed by atoms with Crippen LogP contribution >= 0.6 is 0 Å². The molecule has 124 valence electrons. The summed E-state index contributed by atoms with van der Waals surface area (Å²) >= 11 is 0. The van der Waals surface area contributed by atoms with Crippen LogP contribution in [0.3, 0.4) is 0 Å². The SMILES string of the molecule is CNCC1CC[C@@H](Cc2ccc(S(=O)(=O)C(F)(F)F)cc2)C1. The molecular formula is C15H20F3NO2S. The predicted octanol–water partition coefficient (Wildman–Crippen LogP) is 3.16. The highest BCUT2D eigenvalue weighted by Gasteiger charge is 2.46. The van der Waals surface area contributed by atoms with Gasteiger partial charge in [-0.25, -0.2) is 8.42 Å². The Morgan fingerprint density at radius 1 is 1.14 bits per heavy atom. The largest absolute Gasteiger partial charge is 0.501 e. The summed E-state index contributed by atoms with van der Waals surface area (Å²) in [7, 11) is -3.32. The van der Waals surface area contributed by atoms with Gasteiger partial charge >= 0.3 is 5.51 Å². The van der Waals surface area contributed by atoms with E-state index in [2.05, 4.69) is 5.32 Å². The van der Waals surface area contributed by atoms with Crippen molar-refractivity contribution in [1.82, 2.24) is 5.32 Å². The molecule has 0 spiro atoms. The normalized spacial score (nSPS) is 22.9. The lowest BCUT2D eigenvalue weighted by Crippen LogP contribution is -2.23. The molecule has 3 nitrogen and oxygen atoms in total. The maximum absolute atomic E-state index is 12.5. The van der Waals surface area contributed by atoms with Gasteiger partial charge in [0.05, 0.1) is 4.90 Å². The summed E-state index contributed by atoms with van der Waals surface area (Å²) in [5, 5.41) is 3.16. The van der Waals surface area contributed by atoms with Crippen LogP contribution in [0.2, 0.25) is 0 Å². The number of nitrogens with one attached hydrogen (secondary N) is 1. The Hall–Kier alpha value is -1.08. The molecule has 1 aromatic carbocycles. The van der Waals surface area contributed by atoms with Crippen LogP contribution in [0.1, 0.15) is 24.8 Å². The van der Waals surface area contributed by atoms with E-state index >= 15 is 0 Å². The molecular weight excluding hydrogens is 315 g/mol. The second kappa shape index (κ2) is 6.58. The highest BCUT2D eigenvalue weighted by atomic mass is 32.2. The summed E-state index contributed by atoms with van der Waals surface area (Å²) in [5.74, 6) is 1.17. The summed E-state index contributed by atoms with van der Waals surface area (Å²) < 4.78 is 60.0. The number of sulfone groups is 1. The number of hydrogen-bond acceptors (Lipinski definition) is 3. The monoisotopic (exact) mass is 335 g/mol. The molecule has 7 heteroatoms. The minimum Gasteiger partial charge on any atom is -0.319 e. The topological polar surface area (TPSA) is 46.2 Å². The van der Waals surface area contributed by atoms with E-state index in [4.69, 9.17) is 0 Å². The third kappa shape index (κ3) is 3.81. The van der Waals surface area contributed by atoms with Crippen molar-refractivity contribution in [2.45, 2.75) is 36.1 Å². The fourth-order valence-electron chi connectivity index (χ4n) is 3.11. The van der Waals surface area contributed by atoms with Crippen LogP contribution in [-0.4, -0.2) is 27.5 Å². The molecule has 0 aliphatic heterocycles. The molecule has 1 N–H and O–H groups in total. The van der Waals surface area contributed by atoms with E-state index in [1.54, 1.807) is 0 Å². The van der Waals surface area contributed by atoms with Gasteiger partial charge in [-0.3, -0.25) is 0 Å². The Morgan fingerprint density at radius 2 is 1.73 bits per heavy atom. The fraction of sp³-hybridized carbons (Fsp3) is 0.600. The van der Waals surface area contributed by atoms with Crippen LogP contribution in [0, 0.1) is 11.8 Å². The first kappa shape index (κ1) is 17.3. The van der Waals surface area contributed by atoms with Gasteiger partial charge < -0.3 is 5.32 Å². The van der Waals surface area contributed by atoms with Gasteiger partial charge in [0.15, 0.2) is 0 Å². The Bertz CT molecular complexity index is 596. The second-order valence-corrected chi connectivity index (χ2v) is 7.84. The molecule has 2 rings (SSSR count). The molecule has 1 aromatic rings. The number of hydrogen-bond donors (Lipinski definition) is 1. The third-order valence-electron chi connectivity index (χ3n) is 4.21. The minimum atomic E-state index is -5.25. The molecule has 1 fully saturated rings. The minimum absolute atomic E-state index is 0.517. The third-order valence-corrected chi connectivity index (χ3v) is 5.71. The molecule has 0 amide bonds. The van der Waals surface area contributed by atoms with Gasteiger partial charge in [-0.2, -0.15) is 13.2 Å². The first-order valence-electron chi connectivity index (χ1n) is 7.29. The van der Waals surface area contributed by atoms with Crippen molar-refractivity contribution in [2.75, 3.05) is 13.6 Å². The zero-order chi connectivity index (χ0) is 16.4. The lowest BCUT2D eigenvalue weighted by molar-refractivity contribution is -0.0436. The Morgan fingerprint density at radius 3 is 2.27 bits per heavy atom. The first-order chi connectivity index (χ1) is 10.2. The highest BCUT2D eigenvalue weighted by Crippen LogP contribution is 2.34. The van der Waals surface area contributed by atoms with Crippen LogP contribution in [0.15, 0.2) is 29.2 Å². The molecule has 0 radical (unpaired) electrons. The number of halogens is 3. The van der Waals surface area contributed by atoms with E-state index < -0.39 is 20.2 Å². The molecule has 1 saturated carbocycles. The van der Waals surface area contributed by atoms with Crippen molar-refractivity contribution in [3.63, 3.8) is 0 Å². The zero-order valence-electron chi connectivity index (χ0n) is 12.4. The molecule has 0 heterocycles. The molecule has 1 unspecified atom stereocenters. The Balaban J connectivity index is 2.02. The number of alkyl halides is 3. The van der Waals surface area contributed by atoms with E-state index in [0.29, 0.717) is 11.8 Å². The van der Waals surface area contributed by atoms with Crippen molar-refractivity contribution in [2.24, 2.45) is 11.8 Å². The smallest absolute Gasteiger partial charge is 0.319 e.